The van der Waals surface area contributed by atoms with Crippen LogP contribution in [-0.2, 0) is 11.8 Å². The van der Waals surface area contributed by atoms with Crippen molar-refractivity contribution in [3.05, 3.63) is 59.7 Å². The molecule has 0 aromatic heterocycles. The molecule has 0 aliphatic heterocycles. The van der Waals surface area contributed by atoms with Crippen molar-refractivity contribution < 1.29 is 0 Å². The summed E-state index contributed by atoms with van der Waals surface area (Å²) in [6.07, 6.45) is 3.69. The Hall–Kier alpha value is -1.08. The summed E-state index contributed by atoms with van der Waals surface area (Å²) in [6, 6.07) is 17.4. The highest BCUT2D eigenvalue weighted by molar-refractivity contribution is 9.08. The SMILES string of the molecule is CCCCc1cc(-c2ccccc2)ccc1CBr. The largest absolute Gasteiger partial charge is 0.0876 e. The third-order valence-electron chi connectivity index (χ3n) is 3.26. The molecule has 0 nitrogen and oxygen atoms in total. The molecule has 0 amide bonds. The van der Waals surface area contributed by atoms with E-state index < -0.39 is 0 Å². The first-order valence-corrected chi connectivity index (χ1v) is 7.70. The van der Waals surface area contributed by atoms with Crippen LogP contribution in [0.1, 0.15) is 30.9 Å². The molecule has 0 heterocycles. The van der Waals surface area contributed by atoms with Crippen molar-refractivity contribution in [3.63, 3.8) is 0 Å². The Bertz CT molecular complexity index is 488. The molecule has 0 bridgehead atoms. The van der Waals surface area contributed by atoms with E-state index in [1.54, 1.807) is 0 Å². The zero-order valence-electron chi connectivity index (χ0n) is 10.8. The van der Waals surface area contributed by atoms with Gasteiger partial charge < -0.3 is 0 Å². The minimum absolute atomic E-state index is 0.946. The average molecular weight is 303 g/mol. The maximum Gasteiger partial charge on any atom is 0.0285 e. The minimum atomic E-state index is 0.946. The van der Waals surface area contributed by atoms with Crippen LogP contribution in [0.5, 0.6) is 0 Å². The van der Waals surface area contributed by atoms with Crippen molar-refractivity contribution in [1.82, 2.24) is 0 Å². The quantitative estimate of drug-likeness (QED) is 0.631. The number of aryl methyl sites for hydroxylation is 1. The van der Waals surface area contributed by atoms with Crippen molar-refractivity contribution in [3.8, 4) is 11.1 Å². The maximum absolute atomic E-state index is 3.58. The number of alkyl halides is 1. The van der Waals surface area contributed by atoms with Gasteiger partial charge in [-0.1, -0.05) is 77.8 Å². The second kappa shape index (κ2) is 6.75. The van der Waals surface area contributed by atoms with Crippen LogP contribution in [0.4, 0.5) is 0 Å². The van der Waals surface area contributed by atoms with Crippen LogP contribution in [0.15, 0.2) is 48.5 Å². The fourth-order valence-corrected chi connectivity index (χ4v) is 2.71. The van der Waals surface area contributed by atoms with Gasteiger partial charge in [0.15, 0.2) is 0 Å². The molecular formula is C17H19Br. The highest BCUT2D eigenvalue weighted by Gasteiger charge is 2.04. The van der Waals surface area contributed by atoms with E-state index in [1.807, 2.05) is 0 Å². The molecule has 0 unspecified atom stereocenters. The fraction of sp³-hybridized carbons (Fsp3) is 0.294. The van der Waals surface area contributed by atoms with Crippen molar-refractivity contribution >= 4 is 15.9 Å². The Morgan fingerprint density at radius 1 is 0.889 bits per heavy atom. The molecule has 2 aromatic carbocycles. The standard InChI is InChI=1S/C17H19Br/c1-2-3-7-15-12-16(10-11-17(15)13-18)14-8-5-4-6-9-14/h4-6,8-12H,2-3,7,13H2,1H3. The van der Waals surface area contributed by atoms with Gasteiger partial charge in [-0.2, -0.15) is 0 Å². The van der Waals surface area contributed by atoms with E-state index in [1.165, 1.54) is 41.5 Å². The molecule has 0 aliphatic carbocycles. The summed E-state index contributed by atoms with van der Waals surface area (Å²) in [5.41, 5.74) is 5.53. The van der Waals surface area contributed by atoms with E-state index in [4.69, 9.17) is 0 Å². The van der Waals surface area contributed by atoms with Crippen LogP contribution in [-0.4, -0.2) is 0 Å². The van der Waals surface area contributed by atoms with E-state index in [-0.39, 0.29) is 0 Å². The van der Waals surface area contributed by atoms with Crippen LogP contribution < -0.4 is 0 Å². The lowest BCUT2D eigenvalue weighted by Gasteiger charge is -2.10. The number of rotatable bonds is 5. The molecule has 0 N–H and O–H groups in total. The number of benzene rings is 2. The lowest BCUT2D eigenvalue weighted by atomic mass is 9.97. The fourth-order valence-electron chi connectivity index (χ4n) is 2.17. The molecule has 0 radical (unpaired) electrons. The van der Waals surface area contributed by atoms with Gasteiger partial charge in [0.25, 0.3) is 0 Å². The van der Waals surface area contributed by atoms with E-state index in [0.717, 1.165) is 5.33 Å². The van der Waals surface area contributed by atoms with Gasteiger partial charge in [0.05, 0.1) is 0 Å². The minimum Gasteiger partial charge on any atom is -0.0876 e. The Morgan fingerprint density at radius 3 is 2.33 bits per heavy atom. The third kappa shape index (κ3) is 3.23. The van der Waals surface area contributed by atoms with Gasteiger partial charge in [0.2, 0.25) is 0 Å². The molecule has 0 saturated carbocycles. The smallest absolute Gasteiger partial charge is 0.0285 e. The highest BCUT2D eigenvalue weighted by Crippen LogP contribution is 2.24. The maximum atomic E-state index is 3.58. The molecule has 94 valence electrons. The number of hydrogen-bond donors (Lipinski definition) is 0. The van der Waals surface area contributed by atoms with Gasteiger partial charge >= 0.3 is 0 Å². The van der Waals surface area contributed by atoms with Gasteiger partial charge in [0, 0.05) is 5.33 Å². The monoisotopic (exact) mass is 302 g/mol. The van der Waals surface area contributed by atoms with Crippen LogP contribution in [0.3, 0.4) is 0 Å². The first kappa shape index (κ1) is 13.4. The molecule has 0 saturated heterocycles. The topological polar surface area (TPSA) is 0 Å². The summed E-state index contributed by atoms with van der Waals surface area (Å²) in [5.74, 6) is 0. The molecular weight excluding hydrogens is 284 g/mol. The molecule has 0 atom stereocenters. The van der Waals surface area contributed by atoms with Crippen molar-refractivity contribution in [2.45, 2.75) is 31.5 Å². The Kier molecular flexibility index (Phi) is 5.00. The molecule has 1 heteroatoms. The Morgan fingerprint density at radius 2 is 1.67 bits per heavy atom. The van der Waals surface area contributed by atoms with Crippen LogP contribution in [0, 0.1) is 0 Å². The van der Waals surface area contributed by atoms with E-state index >= 15 is 0 Å². The van der Waals surface area contributed by atoms with E-state index in [2.05, 4.69) is 71.4 Å². The van der Waals surface area contributed by atoms with Crippen molar-refractivity contribution in [1.29, 1.82) is 0 Å². The summed E-state index contributed by atoms with van der Waals surface area (Å²) >= 11 is 3.58. The molecule has 18 heavy (non-hydrogen) atoms. The number of halogens is 1. The summed E-state index contributed by atoms with van der Waals surface area (Å²) in [5, 5.41) is 0.946. The van der Waals surface area contributed by atoms with Gasteiger partial charge in [-0.15, -0.1) is 0 Å². The normalized spacial score (nSPS) is 10.6. The molecule has 2 rings (SSSR count). The van der Waals surface area contributed by atoms with Crippen LogP contribution >= 0.6 is 15.9 Å². The molecule has 2 aromatic rings. The third-order valence-corrected chi connectivity index (χ3v) is 3.86. The number of hydrogen-bond acceptors (Lipinski definition) is 0. The molecule has 0 spiro atoms. The van der Waals surface area contributed by atoms with Gasteiger partial charge in [-0.05, 0) is 35.1 Å². The molecule has 0 aliphatic rings. The second-order valence-electron chi connectivity index (χ2n) is 4.59. The predicted octanol–water partition coefficient (Wildman–Crippen LogP) is 5.59. The summed E-state index contributed by atoms with van der Waals surface area (Å²) in [6.45, 7) is 2.24. The first-order chi connectivity index (χ1) is 8.85. The van der Waals surface area contributed by atoms with Crippen LogP contribution in [0.2, 0.25) is 0 Å². The molecule has 0 fully saturated rings. The van der Waals surface area contributed by atoms with Gasteiger partial charge in [-0.25, -0.2) is 0 Å². The van der Waals surface area contributed by atoms with E-state index in [0.29, 0.717) is 0 Å². The zero-order valence-corrected chi connectivity index (χ0v) is 12.4. The van der Waals surface area contributed by atoms with Crippen molar-refractivity contribution in [2.24, 2.45) is 0 Å². The first-order valence-electron chi connectivity index (χ1n) is 6.58. The average Bonchev–Trinajstić information content (AvgIpc) is 2.45. The summed E-state index contributed by atoms with van der Waals surface area (Å²) in [7, 11) is 0. The van der Waals surface area contributed by atoms with Crippen molar-refractivity contribution in [2.75, 3.05) is 0 Å². The lowest BCUT2D eigenvalue weighted by Crippen LogP contribution is -1.93. The summed E-state index contributed by atoms with van der Waals surface area (Å²) in [4.78, 5) is 0. The van der Waals surface area contributed by atoms with E-state index in [9.17, 15) is 0 Å². The zero-order chi connectivity index (χ0) is 12.8. The Balaban J connectivity index is 2.33. The van der Waals surface area contributed by atoms with Gasteiger partial charge in [-0.3, -0.25) is 0 Å². The summed E-state index contributed by atoms with van der Waals surface area (Å²) < 4.78 is 0. The predicted molar refractivity (Wildman–Crippen MR) is 83.1 cm³/mol. The van der Waals surface area contributed by atoms with Crippen LogP contribution in [0.25, 0.3) is 11.1 Å². The Labute approximate surface area is 118 Å². The second-order valence-corrected chi connectivity index (χ2v) is 5.15. The number of unbranched alkanes of at least 4 members (excludes halogenated alkanes) is 1. The lowest BCUT2D eigenvalue weighted by molar-refractivity contribution is 0.791. The van der Waals surface area contributed by atoms with Gasteiger partial charge in [0.1, 0.15) is 0 Å². The highest BCUT2D eigenvalue weighted by atomic mass is 79.9.